The second kappa shape index (κ2) is 8.48. The normalized spacial score (nSPS) is 10.8. The first-order valence-corrected chi connectivity index (χ1v) is 9.88. The van der Waals surface area contributed by atoms with Crippen molar-refractivity contribution in [2.24, 2.45) is 0 Å². The number of hydrogen-bond acceptors (Lipinski definition) is 6. The van der Waals surface area contributed by atoms with Gasteiger partial charge in [0.25, 0.3) is 5.69 Å². The maximum absolute atomic E-state index is 12.0. The molecule has 0 spiro atoms. The van der Waals surface area contributed by atoms with E-state index < -0.39 is 4.92 Å². The zero-order valence-corrected chi connectivity index (χ0v) is 15.9. The Kier molecular flexibility index (Phi) is 6.08. The van der Waals surface area contributed by atoms with Crippen LogP contribution in [0.3, 0.4) is 0 Å². The summed E-state index contributed by atoms with van der Waals surface area (Å²) in [6.07, 6.45) is 0.735. The molecular weight excluding hydrogens is 394 g/mol. The van der Waals surface area contributed by atoms with Crippen LogP contribution in [0, 0.1) is 10.1 Å². The minimum absolute atomic E-state index is 0.0395. The van der Waals surface area contributed by atoms with Gasteiger partial charge in [0.2, 0.25) is 5.91 Å². The molecule has 26 heavy (non-hydrogen) atoms. The number of thioether (sulfide) groups is 1. The van der Waals surface area contributed by atoms with Crippen LogP contribution in [0.1, 0.15) is 5.56 Å². The van der Waals surface area contributed by atoms with Gasteiger partial charge in [-0.25, -0.2) is 4.98 Å². The molecule has 1 amide bonds. The number of carbonyl (C=O) groups is 1. The number of carbonyl (C=O) groups excluding carboxylic acids is 1. The fraction of sp³-hybridized carbons (Fsp3) is 0.176. The Morgan fingerprint density at radius 1 is 1.27 bits per heavy atom. The number of benzene rings is 2. The maximum Gasteiger partial charge on any atom is 0.270 e. The second-order valence-corrected chi connectivity index (χ2v) is 8.09. The smallest absolute Gasteiger partial charge is 0.270 e. The molecule has 0 saturated carbocycles. The van der Waals surface area contributed by atoms with Gasteiger partial charge < -0.3 is 5.32 Å². The molecule has 6 nitrogen and oxygen atoms in total. The van der Waals surface area contributed by atoms with E-state index in [1.54, 1.807) is 6.07 Å². The minimum Gasteiger partial charge on any atom is -0.355 e. The van der Waals surface area contributed by atoms with Crippen molar-refractivity contribution in [3.05, 3.63) is 63.2 Å². The van der Waals surface area contributed by atoms with Gasteiger partial charge in [-0.3, -0.25) is 14.9 Å². The van der Waals surface area contributed by atoms with Crippen LogP contribution in [-0.4, -0.2) is 28.1 Å². The molecule has 9 heteroatoms. The van der Waals surface area contributed by atoms with E-state index in [0.717, 1.165) is 16.7 Å². The Morgan fingerprint density at radius 2 is 2.04 bits per heavy atom. The highest BCUT2D eigenvalue weighted by Gasteiger charge is 2.11. The lowest BCUT2D eigenvalue weighted by molar-refractivity contribution is -0.384. The number of thiazole rings is 1. The van der Waals surface area contributed by atoms with Gasteiger partial charge in [-0.15, -0.1) is 11.3 Å². The highest BCUT2D eigenvalue weighted by Crippen LogP contribution is 2.31. The van der Waals surface area contributed by atoms with Gasteiger partial charge in [0.15, 0.2) is 4.34 Å². The molecular formula is C17H14ClN3O3S2. The zero-order valence-electron chi connectivity index (χ0n) is 13.5. The number of nitrogens with one attached hydrogen (secondary N) is 1. The molecule has 0 bridgehead atoms. The van der Waals surface area contributed by atoms with Crippen molar-refractivity contribution in [3.8, 4) is 0 Å². The van der Waals surface area contributed by atoms with E-state index in [-0.39, 0.29) is 17.3 Å². The third-order valence-electron chi connectivity index (χ3n) is 3.54. The number of hydrogen-bond donors (Lipinski definition) is 1. The predicted octanol–water partition coefficient (Wildman–Crippen LogP) is 4.31. The number of non-ortho nitro benzene ring substituents is 1. The monoisotopic (exact) mass is 407 g/mol. The molecule has 0 fully saturated rings. The van der Waals surface area contributed by atoms with E-state index in [0.29, 0.717) is 21.4 Å². The number of halogens is 1. The highest BCUT2D eigenvalue weighted by atomic mass is 35.5. The first-order chi connectivity index (χ1) is 12.5. The van der Waals surface area contributed by atoms with E-state index in [9.17, 15) is 14.9 Å². The molecule has 0 saturated heterocycles. The Hall–Kier alpha value is -2.16. The topological polar surface area (TPSA) is 85.1 Å². The van der Waals surface area contributed by atoms with Crippen LogP contribution in [0.4, 0.5) is 5.69 Å². The minimum atomic E-state index is -0.430. The first-order valence-electron chi connectivity index (χ1n) is 7.70. The predicted molar refractivity (Wildman–Crippen MR) is 105 cm³/mol. The Morgan fingerprint density at radius 3 is 2.77 bits per heavy atom. The molecule has 0 aliphatic heterocycles. The molecule has 3 aromatic rings. The molecule has 0 radical (unpaired) electrons. The van der Waals surface area contributed by atoms with Crippen molar-refractivity contribution >= 4 is 56.5 Å². The van der Waals surface area contributed by atoms with Crippen molar-refractivity contribution in [2.75, 3.05) is 12.3 Å². The van der Waals surface area contributed by atoms with Crippen LogP contribution in [0.2, 0.25) is 5.02 Å². The van der Waals surface area contributed by atoms with Crippen LogP contribution in [0.5, 0.6) is 0 Å². The summed E-state index contributed by atoms with van der Waals surface area (Å²) in [6, 6.07) is 12.1. The number of amides is 1. The van der Waals surface area contributed by atoms with Crippen LogP contribution in [0.15, 0.2) is 46.8 Å². The summed E-state index contributed by atoms with van der Waals surface area (Å²) in [5, 5.41) is 14.4. The third kappa shape index (κ3) is 4.94. The zero-order chi connectivity index (χ0) is 18.5. The van der Waals surface area contributed by atoms with Crippen molar-refractivity contribution in [3.63, 3.8) is 0 Å². The van der Waals surface area contributed by atoms with Crippen LogP contribution in [0.25, 0.3) is 10.2 Å². The maximum atomic E-state index is 12.0. The number of fused-ring (bicyclic) bond motifs is 1. The summed E-state index contributed by atoms with van der Waals surface area (Å²) in [5.74, 6) is 0.178. The van der Waals surface area contributed by atoms with Crippen molar-refractivity contribution < 1.29 is 9.72 Å². The van der Waals surface area contributed by atoms with Gasteiger partial charge >= 0.3 is 0 Å². The van der Waals surface area contributed by atoms with E-state index in [2.05, 4.69) is 10.3 Å². The summed E-state index contributed by atoms with van der Waals surface area (Å²) < 4.78 is 1.46. The van der Waals surface area contributed by atoms with E-state index in [1.165, 1.54) is 35.2 Å². The van der Waals surface area contributed by atoms with Crippen LogP contribution < -0.4 is 5.32 Å². The third-order valence-corrected chi connectivity index (χ3v) is 5.95. The highest BCUT2D eigenvalue weighted by molar-refractivity contribution is 8.01. The second-order valence-electron chi connectivity index (χ2n) is 5.40. The summed E-state index contributed by atoms with van der Waals surface area (Å²) >= 11 is 8.51. The molecule has 3 rings (SSSR count). The number of rotatable bonds is 7. The van der Waals surface area contributed by atoms with Crippen LogP contribution in [-0.2, 0) is 11.2 Å². The molecule has 0 aliphatic rings. The van der Waals surface area contributed by atoms with Crippen molar-refractivity contribution in [2.45, 2.75) is 10.8 Å². The standard InChI is InChI=1S/C17H14ClN3O3S2/c18-12-3-1-11(2-4-12)7-8-19-16(22)10-25-17-20-14-6-5-13(21(23)24)9-15(14)26-17/h1-6,9H,7-8,10H2,(H,19,22). The van der Waals surface area contributed by atoms with Gasteiger partial charge in [-0.1, -0.05) is 35.5 Å². The lowest BCUT2D eigenvalue weighted by Gasteiger charge is -2.04. The van der Waals surface area contributed by atoms with Gasteiger partial charge in [0.05, 0.1) is 20.9 Å². The van der Waals surface area contributed by atoms with Gasteiger partial charge in [0, 0.05) is 23.7 Å². The largest absolute Gasteiger partial charge is 0.355 e. The SMILES string of the molecule is O=C(CSc1nc2ccc([N+](=O)[O-])cc2s1)NCCc1ccc(Cl)cc1. The fourth-order valence-electron chi connectivity index (χ4n) is 2.24. The molecule has 2 aromatic carbocycles. The summed E-state index contributed by atoms with van der Waals surface area (Å²) in [4.78, 5) is 26.7. The van der Waals surface area contributed by atoms with Crippen LogP contribution >= 0.6 is 34.7 Å². The van der Waals surface area contributed by atoms with Gasteiger partial charge in [-0.2, -0.15) is 0 Å². The first kappa shape index (κ1) is 18.6. The number of nitro benzene ring substituents is 1. The molecule has 1 aromatic heterocycles. The Bertz CT molecular complexity index is 944. The lowest BCUT2D eigenvalue weighted by atomic mass is 10.1. The van der Waals surface area contributed by atoms with E-state index in [4.69, 9.17) is 11.6 Å². The molecule has 1 N–H and O–H groups in total. The lowest BCUT2D eigenvalue weighted by Crippen LogP contribution is -2.27. The molecule has 0 unspecified atom stereocenters. The molecule has 0 atom stereocenters. The Balaban J connectivity index is 1.48. The van der Waals surface area contributed by atoms with Gasteiger partial charge in [-0.05, 0) is 30.2 Å². The average Bonchev–Trinajstić information content (AvgIpc) is 3.03. The Labute approximate surface area is 162 Å². The quantitative estimate of drug-likeness (QED) is 0.358. The summed E-state index contributed by atoms with van der Waals surface area (Å²) in [5.41, 5.74) is 1.85. The fourth-order valence-corrected chi connectivity index (χ4v) is 4.30. The molecule has 1 heterocycles. The van der Waals surface area contributed by atoms with E-state index in [1.807, 2.05) is 24.3 Å². The van der Waals surface area contributed by atoms with Crippen molar-refractivity contribution in [1.29, 1.82) is 0 Å². The number of nitro groups is 1. The number of nitrogens with zero attached hydrogens (tertiary/aromatic N) is 2. The summed E-state index contributed by atoms with van der Waals surface area (Å²) in [6.45, 7) is 0.549. The summed E-state index contributed by atoms with van der Waals surface area (Å²) in [7, 11) is 0. The van der Waals surface area contributed by atoms with Gasteiger partial charge in [0.1, 0.15) is 0 Å². The van der Waals surface area contributed by atoms with Crippen molar-refractivity contribution in [1.82, 2.24) is 10.3 Å². The number of aromatic nitrogens is 1. The average molecular weight is 408 g/mol. The molecule has 134 valence electrons. The van der Waals surface area contributed by atoms with E-state index >= 15 is 0 Å². The molecule has 0 aliphatic carbocycles.